The summed E-state index contributed by atoms with van der Waals surface area (Å²) in [6.07, 6.45) is 4.88. The minimum absolute atomic E-state index is 0.0181. The number of nitrogens with zero attached hydrogens (tertiary/aromatic N) is 3. The lowest BCUT2D eigenvalue weighted by molar-refractivity contribution is 0.0920. The van der Waals surface area contributed by atoms with E-state index < -0.39 is 0 Å². The molecule has 1 saturated heterocycles. The molecule has 24 heavy (non-hydrogen) atoms. The number of H-pyrrole nitrogens is 1. The molecular formula is C16H19N5O2S. The fourth-order valence-corrected chi connectivity index (χ4v) is 4.79. The van der Waals surface area contributed by atoms with Crippen LogP contribution in [0, 0.1) is 0 Å². The van der Waals surface area contributed by atoms with E-state index in [-0.39, 0.29) is 11.9 Å². The number of anilines is 1. The molecule has 3 aliphatic heterocycles. The highest BCUT2D eigenvalue weighted by molar-refractivity contribution is 7.18. The summed E-state index contributed by atoms with van der Waals surface area (Å²) in [5.41, 5.74) is 1.93. The minimum Gasteiger partial charge on any atom is -0.488 e. The first-order valence-corrected chi connectivity index (χ1v) is 9.18. The van der Waals surface area contributed by atoms with Gasteiger partial charge in [-0.3, -0.25) is 9.89 Å². The summed E-state index contributed by atoms with van der Waals surface area (Å²) in [6, 6.07) is 0.167. The molecule has 0 aromatic carbocycles. The molecule has 2 aromatic heterocycles. The number of hydrogen-bond acceptors (Lipinski definition) is 6. The van der Waals surface area contributed by atoms with E-state index in [0.29, 0.717) is 6.61 Å². The van der Waals surface area contributed by atoms with Crippen molar-refractivity contribution in [2.24, 2.45) is 0 Å². The first kappa shape index (κ1) is 14.3. The van der Waals surface area contributed by atoms with Crippen LogP contribution in [0.3, 0.4) is 0 Å². The van der Waals surface area contributed by atoms with Crippen LogP contribution >= 0.6 is 11.3 Å². The average molecular weight is 345 g/mol. The normalized spacial score (nSPS) is 23.1. The summed E-state index contributed by atoms with van der Waals surface area (Å²) >= 11 is 1.50. The second kappa shape index (κ2) is 5.49. The van der Waals surface area contributed by atoms with Crippen LogP contribution in [0.2, 0.25) is 0 Å². The molecule has 1 unspecified atom stereocenters. The largest absolute Gasteiger partial charge is 0.488 e. The first-order chi connectivity index (χ1) is 11.8. The predicted octanol–water partition coefficient (Wildman–Crippen LogP) is 1.15. The number of thiophene rings is 1. The van der Waals surface area contributed by atoms with Crippen LogP contribution in [0.25, 0.3) is 10.4 Å². The van der Waals surface area contributed by atoms with Crippen molar-refractivity contribution in [3.05, 3.63) is 17.3 Å². The quantitative estimate of drug-likeness (QED) is 0.873. The van der Waals surface area contributed by atoms with Gasteiger partial charge in [0.25, 0.3) is 5.91 Å². The molecule has 5 rings (SSSR count). The van der Waals surface area contributed by atoms with E-state index in [1.165, 1.54) is 17.8 Å². The number of hydrogen-bond donors (Lipinski definition) is 2. The third-order valence-electron chi connectivity index (χ3n) is 4.93. The molecule has 2 N–H and O–H groups in total. The third-order valence-corrected chi connectivity index (χ3v) is 6.14. The molecule has 0 spiro atoms. The van der Waals surface area contributed by atoms with Crippen LogP contribution < -0.4 is 15.0 Å². The van der Waals surface area contributed by atoms with Gasteiger partial charge >= 0.3 is 0 Å². The molecular weight excluding hydrogens is 326 g/mol. The van der Waals surface area contributed by atoms with Gasteiger partial charge in [-0.15, -0.1) is 11.3 Å². The highest BCUT2D eigenvalue weighted by atomic mass is 32.1. The molecule has 7 nitrogen and oxygen atoms in total. The number of nitrogens with one attached hydrogen (secondary N) is 2. The molecule has 3 aliphatic rings. The average Bonchev–Trinajstić information content (AvgIpc) is 3.15. The van der Waals surface area contributed by atoms with Gasteiger partial charge < -0.3 is 19.9 Å². The van der Waals surface area contributed by atoms with E-state index in [1.54, 1.807) is 6.20 Å². The number of rotatable bonds is 3. The summed E-state index contributed by atoms with van der Waals surface area (Å²) in [6.45, 7) is 5.54. The molecule has 1 fully saturated rings. The number of carbonyl (C=O) groups excluding carboxylic acids is 1. The maximum Gasteiger partial charge on any atom is 0.263 e. The lowest BCUT2D eigenvalue weighted by atomic mass is 10.1. The maximum atomic E-state index is 12.8. The van der Waals surface area contributed by atoms with Crippen LogP contribution in [-0.2, 0) is 0 Å². The Morgan fingerprint density at radius 3 is 3.00 bits per heavy atom. The number of aromatic nitrogens is 2. The van der Waals surface area contributed by atoms with Gasteiger partial charge in [0.2, 0.25) is 0 Å². The number of ether oxygens (including phenoxy) is 1. The molecule has 0 bridgehead atoms. The van der Waals surface area contributed by atoms with Crippen LogP contribution in [0.5, 0.6) is 5.75 Å². The summed E-state index contributed by atoms with van der Waals surface area (Å²) in [5.74, 6) is 0.854. The Balaban J connectivity index is 1.52. The molecule has 0 radical (unpaired) electrons. The molecule has 2 aromatic rings. The van der Waals surface area contributed by atoms with Gasteiger partial charge in [-0.2, -0.15) is 5.10 Å². The molecule has 1 amide bonds. The summed E-state index contributed by atoms with van der Waals surface area (Å²) in [5, 5.41) is 10.1. The van der Waals surface area contributed by atoms with Gasteiger partial charge in [-0.05, 0) is 19.5 Å². The van der Waals surface area contributed by atoms with E-state index in [2.05, 4.69) is 25.3 Å². The zero-order chi connectivity index (χ0) is 16.1. The van der Waals surface area contributed by atoms with Crippen LogP contribution in [0.1, 0.15) is 16.1 Å². The number of amides is 1. The van der Waals surface area contributed by atoms with Gasteiger partial charge in [0.1, 0.15) is 17.2 Å². The Morgan fingerprint density at radius 2 is 2.25 bits per heavy atom. The highest BCUT2D eigenvalue weighted by Crippen LogP contribution is 2.50. The topological polar surface area (TPSA) is 73.5 Å². The van der Waals surface area contributed by atoms with Crippen LogP contribution in [-0.4, -0.2) is 66.4 Å². The number of carbonyl (C=O) groups is 1. The number of likely N-dealkylation sites (tertiary alicyclic amines) is 1. The Labute approximate surface area is 143 Å². The summed E-state index contributed by atoms with van der Waals surface area (Å²) in [4.78, 5) is 19.3. The fourth-order valence-electron chi connectivity index (χ4n) is 3.64. The van der Waals surface area contributed by atoms with Gasteiger partial charge in [-0.1, -0.05) is 0 Å². The fraction of sp³-hybridized carbons (Fsp3) is 0.500. The summed E-state index contributed by atoms with van der Waals surface area (Å²) < 4.78 is 5.95. The van der Waals surface area contributed by atoms with Crippen molar-refractivity contribution < 1.29 is 9.53 Å². The Bertz CT molecular complexity index is 768. The van der Waals surface area contributed by atoms with E-state index >= 15 is 0 Å². The van der Waals surface area contributed by atoms with Crippen molar-refractivity contribution in [2.75, 3.05) is 44.2 Å². The smallest absolute Gasteiger partial charge is 0.263 e. The van der Waals surface area contributed by atoms with Crippen LogP contribution in [0.4, 0.5) is 5.69 Å². The third kappa shape index (κ3) is 2.21. The zero-order valence-corrected chi connectivity index (χ0v) is 14.1. The lowest BCUT2D eigenvalue weighted by Gasteiger charge is -2.36. The van der Waals surface area contributed by atoms with Crippen molar-refractivity contribution in [2.45, 2.75) is 12.5 Å². The van der Waals surface area contributed by atoms with E-state index in [4.69, 9.17) is 4.74 Å². The minimum atomic E-state index is 0.0181. The molecule has 0 aliphatic carbocycles. The summed E-state index contributed by atoms with van der Waals surface area (Å²) in [7, 11) is 0. The molecule has 0 saturated carbocycles. The van der Waals surface area contributed by atoms with Crippen molar-refractivity contribution in [1.82, 2.24) is 20.4 Å². The highest BCUT2D eigenvalue weighted by Gasteiger charge is 2.36. The zero-order valence-electron chi connectivity index (χ0n) is 13.2. The van der Waals surface area contributed by atoms with E-state index in [0.717, 1.165) is 59.5 Å². The Morgan fingerprint density at radius 1 is 1.33 bits per heavy atom. The molecule has 8 heteroatoms. The van der Waals surface area contributed by atoms with Crippen molar-refractivity contribution in [1.29, 1.82) is 0 Å². The Kier molecular flexibility index (Phi) is 3.27. The molecule has 1 atom stereocenters. The predicted molar refractivity (Wildman–Crippen MR) is 91.9 cm³/mol. The van der Waals surface area contributed by atoms with Crippen molar-refractivity contribution >= 4 is 22.9 Å². The SMILES string of the molecule is O=C1NC(CN2CCC2)CN2CCOc3c(-c4cn[nH]c4)sc1c32. The maximum absolute atomic E-state index is 12.8. The monoisotopic (exact) mass is 345 g/mol. The van der Waals surface area contributed by atoms with E-state index in [9.17, 15) is 4.79 Å². The van der Waals surface area contributed by atoms with Gasteiger partial charge in [-0.25, -0.2) is 0 Å². The van der Waals surface area contributed by atoms with Gasteiger partial charge in [0, 0.05) is 24.8 Å². The Hall–Kier alpha value is -2.06. The second-order valence-electron chi connectivity index (χ2n) is 6.54. The number of aromatic amines is 1. The van der Waals surface area contributed by atoms with Crippen molar-refractivity contribution in [3.8, 4) is 16.2 Å². The van der Waals surface area contributed by atoms with Crippen LogP contribution in [0.15, 0.2) is 12.4 Å². The lowest BCUT2D eigenvalue weighted by Crippen LogP contribution is -2.52. The van der Waals surface area contributed by atoms with Crippen molar-refractivity contribution in [3.63, 3.8) is 0 Å². The van der Waals surface area contributed by atoms with E-state index in [1.807, 2.05) is 6.20 Å². The molecule has 5 heterocycles. The first-order valence-electron chi connectivity index (χ1n) is 8.36. The second-order valence-corrected chi connectivity index (χ2v) is 7.56. The van der Waals surface area contributed by atoms with Gasteiger partial charge in [0.15, 0.2) is 5.75 Å². The van der Waals surface area contributed by atoms with Gasteiger partial charge in [0.05, 0.1) is 23.7 Å². The standard InChI is InChI=1S/C16H19N5O2S/c22-16-15-12-13(14(24-15)10-6-17-18-7-10)23-5-4-21(12)9-11(19-16)8-20-2-1-3-20/h6-7,11H,1-5,8-9H2,(H,17,18)(H,19,22). The molecule has 126 valence electrons.